The highest BCUT2D eigenvalue weighted by atomic mass is 32.2. The third-order valence-electron chi connectivity index (χ3n) is 5.17. The minimum atomic E-state index is -3.49. The standard InChI is InChI=1S/C16H22N2O3S/c1-17-10-7-13-14(17)6-5-12-15(18-8-3-2-4-9-18)11-22(19,20)21-16(12)13/h7,10,15H,2-6,8-9,11H2,1H3. The number of fused-ring (bicyclic) bond motifs is 2. The summed E-state index contributed by atoms with van der Waals surface area (Å²) >= 11 is 0. The van der Waals surface area contributed by atoms with E-state index in [9.17, 15) is 8.42 Å². The summed E-state index contributed by atoms with van der Waals surface area (Å²) < 4.78 is 32.1. The third kappa shape index (κ3) is 2.29. The van der Waals surface area contributed by atoms with E-state index >= 15 is 0 Å². The second kappa shape index (κ2) is 5.13. The second-order valence-corrected chi connectivity index (χ2v) is 8.18. The van der Waals surface area contributed by atoms with Crippen LogP contribution in [-0.2, 0) is 27.8 Å². The highest BCUT2D eigenvalue weighted by Crippen LogP contribution is 2.40. The molecule has 0 amide bonds. The Labute approximate surface area is 131 Å². The largest absolute Gasteiger partial charge is 0.382 e. The van der Waals surface area contributed by atoms with Crippen LogP contribution in [0.5, 0.6) is 0 Å². The number of aryl methyl sites for hydroxylation is 1. The maximum absolute atomic E-state index is 12.3. The zero-order chi connectivity index (χ0) is 15.3. The van der Waals surface area contributed by atoms with E-state index in [0.717, 1.165) is 44.3 Å². The predicted octanol–water partition coefficient (Wildman–Crippen LogP) is 1.90. The molecule has 3 heterocycles. The van der Waals surface area contributed by atoms with Gasteiger partial charge in [0.05, 0.1) is 6.04 Å². The predicted molar refractivity (Wildman–Crippen MR) is 84.7 cm³/mol. The van der Waals surface area contributed by atoms with Gasteiger partial charge in [0.15, 0.2) is 5.76 Å². The lowest BCUT2D eigenvalue weighted by Gasteiger charge is -2.40. The molecule has 1 aromatic rings. The molecule has 0 aromatic carbocycles. The summed E-state index contributed by atoms with van der Waals surface area (Å²) in [5.74, 6) is 0.720. The molecule has 0 spiro atoms. The van der Waals surface area contributed by atoms with Gasteiger partial charge in [0.25, 0.3) is 0 Å². The molecule has 1 fully saturated rings. The molecule has 0 N–H and O–H groups in total. The smallest absolute Gasteiger partial charge is 0.311 e. The number of aromatic nitrogens is 1. The van der Waals surface area contributed by atoms with Crippen molar-refractivity contribution in [2.24, 2.45) is 7.05 Å². The fraction of sp³-hybridized carbons (Fsp3) is 0.625. The van der Waals surface area contributed by atoms with E-state index in [4.69, 9.17) is 4.18 Å². The quantitative estimate of drug-likeness (QED) is 0.741. The fourth-order valence-corrected chi connectivity index (χ4v) is 5.36. The lowest BCUT2D eigenvalue weighted by atomic mass is 9.90. The minimum absolute atomic E-state index is 0.00223. The first-order valence-electron chi connectivity index (χ1n) is 8.09. The molecule has 1 atom stereocenters. The van der Waals surface area contributed by atoms with E-state index < -0.39 is 10.1 Å². The van der Waals surface area contributed by atoms with Crippen molar-refractivity contribution in [3.63, 3.8) is 0 Å². The molecule has 3 aliphatic rings. The second-order valence-electron chi connectivity index (χ2n) is 6.56. The summed E-state index contributed by atoms with van der Waals surface area (Å²) in [4.78, 5) is 2.35. The highest BCUT2D eigenvalue weighted by molar-refractivity contribution is 7.87. The molecule has 0 saturated carbocycles. The maximum Gasteiger partial charge on any atom is 0.311 e. The third-order valence-corrected chi connectivity index (χ3v) is 6.32. The summed E-state index contributed by atoms with van der Waals surface area (Å²) in [6, 6.07) is 1.99. The fourth-order valence-electron chi connectivity index (χ4n) is 4.05. The molecule has 5 nitrogen and oxygen atoms in total. The average molecular weight is 322 g/mol. The number of likely N-dealkylation sites (tertiary alicyclic amines) is 1. The molecule has 6 heteroatoms. The first kappa shape index (κ1) is 14.3. The van der Waals surface area contributed by atoms with Crippen molar-refractivity contribution in [2.75, 3.05) is 18.8 Å². The van der Waals surface area contributed by atoms with Crippen LogP contribution in [0, 0.1) is 0 Å². The maximum atomic E-state index is 12.3. The van der Waals surface area contributed by atoms with Gasteiger partial charge in [-0.15, -0.1) is 0 Å². The molecular weight excluding hydrogens is 300 g/mol. The molecule has 0 radical (unpaired) electrons. The van der Waals surface area contributed by atoms with Gasteiger partial charge in [-0.05, 0) is 50.4 Å². The Balaban J connectivity index is 1.79. The first-order chi connectivity index (χ1) is 10.6. The Morgan fingerprint density at radius 1 is 1.18 bits per heavy atom. The van der Waals surface area contributed by atoms with Gasteiger partial charge in [-0.1, -0.05) is 6.42 Å². The van der Waals surface area contributed by atoms with Crippen molar-refractivity contribution in [3.05, 3.63) is 29.1 Å². The lowest BCUT2D eigenvalue weighted by Crippen LogP contribution is -2.47. The van der Waals surface area contributed by atoms with Crippen molar-refractivity contribution in [1.29, 1.82) is 0 Å². The highest BCUT2D eigenvalue weighted by Gasteiger charge is 2.40. The Kier molecular flexibility index (Phi) is 3.34. The molecule has 120 valence electrons. The van der Waals surface area contributed by atoms with E-state index in [1.54, 1.807) is 0 Å². The number of hydrogen-bond donors (Lipinski definition) is 0. The molecule has 1 saturated heterocycles. The van der Waals surface area contributed by atoms with Crippen LogP contribution in [-0.4, -0.2) is 42.8 Å². The summed E-state index contributed by atoms with van der Waals surface area (Å²) in [5, 5.41) is 0. The van der Waals surface area contributed by atoms with E-state index in [2.05, 4.69) is 9.47 Å². The van der Waals surface area contributed by atoms with Crippen LogP contribution in [0.1, 0.15) is 36.9 Å². The van der Waals surface area contributed by atoms with E-state index in [-0.39, 0.29) is 11.8 Å². The van der Waals surface area contributed by atoms with Crippen molar-refractivity contribution in [2.45, 2.75) is 38.1 Å². The van der Waals surface area contributed by atoms with Gasteiger partial charge < -0.3 is 8.75 Å². The monoisotopic (exact) mass is 322 g/mol. The summed E-state index contributed by atoms with van der Waals surface area (Å²) in [5.41, 5.74) is 3.33. The van der Waals surface area contributed by atoms with Crippen LogP contribution in [0.25, 0.3) is 5.76 Å². The van der Waals surface area contributed by atoms with Crippen LogP contribution in [0.3, 0.4) is 0 Å². The number of piperidine rings is 1. The summed E-state index contributed by atoms with van der Waals surface area (Å²) in [7, 11) is -1.49. The lowest BCUT2D eigenvalue weighted by molar-refractivity contribution is 0.186. The molecular formula is C16H22N2O3S. The van der Waals surface area contributed by atoms with Crippen molar-refractivity contribution >= 4 is 15.9 Å². The Hall–Kier alpha value is -1.27. The van der Waals surface area contributed by atoms with Gasteiger partial charge in [-0.3, -0.25) is 4.90 Å². The molecule has 4 rings (SSSR count). The molecule has 1 aliphatic carbocycles. The van der Waals surface area contributed by atoms with Crippen molar-refractivity contribution in [3.8, 4) is 0 Å². The SMILES string of the molecule is Cn1ccc2c1CCC1=C2OS(=O)(=O)CC1N1CCCCC1. The van der Waals surface area contributed by atoms with Crippen LogP contribution in [0.4, 0.5) is 0 Å². The molecule has 22 heavy (non-hydrogen) atoms. The Bertz CT molecular complexity index is 727. The first-order valence-corrected chi connectivity index (χ1v) is 9.67. The minimum Gasteiger partial charge on any atom is -0.382 e. The van der Waals surface area contributed by atoms with Gasteiger partial charge in [0, 0.05) is 24.5 Å². The van der Waals surface area contributed by atoms with Crippen molar-refractivity contribution in [1.82, 2.24) is 9.47 Å². The zero-order valence-electron chi connectivity index (χ0n) is 12.9. The van der Waals surface area contributed by atoms with Crippen molar-refractivity contribution < 1.29 is 12.6 Å². The summed E-state index contributed by atoms with van der Waals surface area (Å²) in [6.07, 6.45) is 7.43. The van der Waals surface area contributed by atoms with Crippen LogP contribution in [0.2, 0.25) is 0 Å². The summed E-state index contributed by atoms with van der Waals surface area (Å²) in [6.45, 7) is 2.00. The van der Waals surface area contributed by atoms with E-state index in [0.29, 0.717) is 5.76 Å². The number of rotatable bonds is 1. The molecule has 1 aromatic heterocycles. The van der Waals surface area contributed by atoms with Crippen LogP contribution >= 0.6 is 0 Å². The number of hydrogen-bond acceptors (Lipinski definition) is 4. The van der Waals surface area contributed by atoms with Gasteiger partial charge in [-0.25, -0.2) is 0 Å². The zero-order valence-corrected chi connectivity index (χ0v) is 13.7. The van der Waals surface area contributed by atoms with Gasteiger partial charge >= 0.3 is 10.1 Å². The van der Waals surface area contributed by atoms with Crippen LogP contribution in [0.15, 0.2) is 17.8 Å². The van der Waals surface area contributed by atoms with Gasteiger partial charge in [-0.2, -0.15) is 8.42 Å². The normalized spacial score (nSPS) is 28.0. The van der Waals surface area contributed by atoms with E-state index in [1.165, 1.54) is 17.7 Å². The van der Waals surface area contributed by atoms with Crippen LogP contribution < -0.4 is 0 Å². The molecule has 0 bridgehead atoms. The Morgan fingerprint density at radius 3 is 2.73 bits per heavy atom. The Morgan fingerprint density at radius 2 is 1.95 bits per heavy atom. The van der Waals surface area contributed by atoms with Gasteiger partial charge in [0.1, 0.15) is 5.75 Å². The van der Waals surface area contributed by atoms with E-state index in [1.807, 2.05) is 19.3 Å². The van der Waals surface area contributed by atoms with Gasteiger partial charge in [0.2, 0.25) is 0 Å². The average Bonchev–Trinajstić information content (AvgIpc) is 2.88. The molecule has 2 aliphatic heterocycles. The topological polar surface area (TPSA) is 51.5 Å². The molecule has 1 unspecified atom stereocenters. The number of nitrogens with zero attached hydrogens (tertiary/aromatic N) is 2.